The van der Waals surface area contributed by atoms with E-state index in [-0.39, 0.29) is 12.0 Å². The predicted molar refractivity (Wildman–Crippen MR) is 137 cm³/mol. The molecule has 0 bridgehead atoms. The Morgan fingerprint density at radius 2 is 2.06 bits per heavy atom. The molecule has 2 aliphatic rings. The van der Waals surface area contributed by atoms with Crippen LogP contribution in [0.1, 0.15) is 47.7 Å². The van der Waals surface area contributed by atoms with Crippen molar-refractivity contribution in [1.82, 2.24) is 30.0 Å². The molecule has 0 spiro atoms. The van der Waals surface area contributed by atoms with E-state index >= 15 is 0 Å². The number of anilines is 2. The summed E-state index contributed by atoms with van der Waals surface area (Å²) in [6.45, 7) is 2.59. The van der Waals surface area contributed by atoms with Gasteiger partial charge >= 0.3 is 0 Å². The van der Waals surface area contributed by atoms with Crippen LogP contribution in [0.3, 0.4) is 0 Å². The molecule has 6 rings (SSSR count). The monoisotopic (exact) mass is 483 g/mol. The van der Waals surface area contributed by atoms with Crippen molar-refractivity contribution in [3.8, 4) is 11.3 Å². The number of amides is 1. The second kappa shape index (κ2) is 9.33. The molecular weight excluding hydrogens is 454 g/mol. The smallest absolute Gasteiger partial charge is 0.254 e. The molecule has 2 aliphatic heterocycles. The predicted octanol–water partition coefficient (Wildman–Crippen LogP) is 3.21. The molecule has 0 saturated carbocycles. The van der Waals surface area contributed by atoms with Crippen molar-refractivity contribution in [2.24, 2.45) is 0 Å². The summed E-state index contributed by atoms with van der Waals surface area (Å²) >= 11 is 0. The number of carbonyl (C=O) groups is 1. The van der Waals surface area contributed by atoms with Gasteiger partial charge in [-0.15, -0.1) is 0 Å². The maximum Gasteiger partial charge on any atom is 0.254 e. The molecule has 1 amide bonds. The van der Waals surface area contributed by atoms with Gasteiger partial charge in [0.05, 0.1) is 35.4 Å². The normalized spacial score (nSPS) is 21.4. The van der Waals surface area contributed by atoms with Gasteiger partial charge in [-0.1, -0.05) is 12.1 Å². The van der Waals surface area contributed by atoms with Gasteiger partial charge in [0, 0.05) is 42.8 Å². The number of hydrogen-bond acceptors (Lipinski definition) is 7. The van der Waals surface area contributed by atoms with E-state index in [9.17, 15) is 9.90 Å². The highest BCUT2D eigenvalue weighted by atomic mass is 16.3. The summed E-state index contributed by atoms with van der Waals surface area (Å²) in [6, 6.07) is 8.64. The highest BCUT2D eigenvalue weighted by Gasteiger charge is 2.27. The Balaban J connectivity index is 1.20. The zero-order chi connectivity index (χ0) is 24.6. The Morgan fingerprint density at radius 1 is 1.14 bits per heavy atom. The molecule has 4 aromatic rings. The number of aliphatic hydroxyl groups is 1. The number of piperidine rings is 1. The molecule has 0 aliphatic carbocycles. The molecule has 1 fully saturated rings. The minimum Gasteiger partial charge on any atom is -0.393 e. The first-order valence-corrected chi connectivity index (χ1v) is 12.4. The van der Waals surface area contributed by atoms with Gasteiger partial charge in [-0.3, -0.25) is 14.2 Å². The van der Waals surface area contributed by atoms with Crippen LogP contribution in [-0.2, 0) is 13.0 Å². The van der Waals surface area contributed by atoms with Crippen molar-refractivity contribution >= 4 is 23.1 Å². The number of aryl methyl sites for hydroxylation is 1. The van der Waals surface area contributed by atoms with E-state index in [0.717, 1.165) is 59.4 Å². The van der Waals surface area contributed by atoms with E-state index in [4.69, 9.17) is 0 Å². The second-order valence-corrected chi connectivity index (χ2v) is 9.75. The molecule has 9 nitrogen and oxygen atoms in total. The van der Waals surface area contributed by atoms with E-state index in [0.29, 0.717) is 30.0 Å². The van der Waals surface area contributed by atoms with Crippen molar-refractivity contribution in [2.45, 2.75) is 57.3 Å². The van der Waals surface area contributed by atoms with Crippen LogP contribution >= 0.6 is 0 Å². The van der Waals surface area contributed by atoms with E-state index < -0.39 is 0 Å². The van der Waals surface area contributed by atoms with Crippen LogP contribution < -0.4 is 16.0 Å². The van der Waals surface area contributed by atoms with Crippen LogP contribution in [0.25, 0.3) is 16.9 Å². The van der Waals surface area contributed by atoms with E-state index in [1.54, 1.807) is 12.4 Å². The van der Waals surface area contributed by atoms with E-state index in [1.807, 2.05) is 41.2 Å². The average molecular weight is 484 g/mol. The summed E-state index contributed by atoms with van der Waals surface area (Å²) in [4.78, 5) is 25.9. The van der Waals surface area contributed by atoms with E-state index in [2.05, 4.69) is 43.9 Å². The summed E-state index contributed by atoms with van der Waals surface area (Å²) in [6.07, 6.45) is 12.3. The first-order valence-electron chi connectivity index (χ1n) is 12.4. The highest BCUT2D eigenvalue weighted by molar-refractivity contribution is 6.06. The molecule has 0 unspecified atom stereocenters. The van der Waals surface area contributed by atoms with Crippen LogP contribution in [0.5, 0.6) is 0 Å². The molecular formula is C27H29N7O2. The van der Waals surface area contributed by atoms with Crippen LogP contribution in [-0.4, -0.2) is 48.6 Å². The molecule has 1 aromatic carbocycles. The van der Waals surface area contributed by atoms with Gasteiger partial charge in [0.25, 0.3) is 5.91 Å². The lowest BCUT2D eigenvalue weighted by Gasteiger charge is -2.32. The van der Waals surface area contributed by atoms with Crippen molar-refractivity contribution in [1.29, 1.82) is 0 Å². The van der Waals surface area contributed by atoms with Gasteiger partial charge in [-0.2, -0.15) is 0 Å². The topological polar surface area (TPSA) is 116 Å². The summed E-state index contributed by atoms with van der Waals surface area (Å²) in [5, 5.41) is 19.9. The molecule has 3 aromatic heterocycles. The van der Waals surface area contributed by atoms with Crippen LogP contribution in [0.2, 0.25) is 0 Å². The van der Waals surface area contributed by atoms with Gasteiger partial charge in [-0.05, 0) is 55.9 Å². The molecule has 36 heavy (non-hydrogen) atoms. The third kappa shape index (κ3) is 4.31. The standard InChI is InChI=1S/C27H29N7O2/c1-16-10-19(35)11-18(32-16)4-2-17-3-7-24(29-12-17)33-22-6-5-20(21-13-31-27(36)26(21)22)23-14-30-25-15-28-8-9-34(23)25/h3,5-9,12,14-16,18-19,32,35H,2,4,10-11,13H2,1H3,(H,29,33)(H,31,36)/t16-,18+,19+/m0/s1. The number of carbonyl (C=O) groups excluding carboxylic acids is 1. The quantitative estimate of drug-likeness (QED) is 0.333. The Bertz CT molecular complexity index is 1410. The maximum atomic E-state index is 12.8. The van der Waals surface area contributed by atoms with Crippen molar-refractivity contribution in [3.63, 3.8) is 0 Å². The number of nitrogens with one attached hydrogen (secondary N) is 3. The Kier molecular flexibility index (Phi) is 5.86. The molecule has 9 heteroatoms. The minimum atomic E-state index is -0.217. The zero-order valence-corrected chi connectivity index (χ0v) is 20.1. The summed E-state index contributed by atoms with van der Waals surface area (Å²) in [5.41, 5.74) is 6.10. The molecule has 4 N–H and O–H groups in total. The van der Waals surface area contributed by atoms with Gasteiger partial charge in [0.15, 0.2) is 5.65 Å². The van der Waals surface area contributed by atoms with Gasteiger partial charge in [0.1, 0.15) is 5.82 Å². The van der Waals surface area contributed by atoms with Gasteiger partial charge in [-0.25, -0.2) is 9.97 Å². The fourth-order valence-corrected chi connectivity index (χ4v) is 5.43. The van der Waals surface area contributed by atoms with Gasteiger partial charge in [0.2, 0.25) is 0 Å². The SMILES string of the molecule is C[C@H]1C[C@@H](O)C[C@@H](CCc2ccc(Nc3ccc(-c4cnc5cnccn45)c4c3C(=O)NC4)nc2)N1. The molecule has 3 atom stereocenters. The average Bonchev–Trinajstić information content (AvgIpc) is 3.48. The maximum absolute atomic E-state index is 12.8. The lowest BCUT2D eigenvalue weighted by Crippen LogP contribution is -2.46. The first kappa shape index (κ1) is 22.6. The van der Waals surface area contributed by atoms with Crippen LogP contribution in [0, 0.1) is 0 Å². The minimum absolute atomic E-state index is 0.0992. The molecule has 5 heterocycles. The largest absolute Gasteiger partial charge is 0.393 e. The summed E-state index contributed by atoms with van der Waals surface area (Å²) < 4.78 is 1.98. The van der Waals surface area contributed by atoms with E-state index in [1.165, 1.54) is 0 Å². The number of hydrogen-bond donors (Lipinski definition) is 4. The third-order valence-electron chi connectivity index (χ3n) is 7.13. The number of benzene rings is 1. The van der Waals surface area contributed by atoms with Crippen LogP contribution in [0.4, 0.5) is 11.5 Å². The van der Waals surface area contributed by atoms with Crippen molar-refractivity contribution < 1.29 is 9.90 Å². The molecule has 184 valence electrons. The second-order valence-electron chi connectivity index (χ2n) is 9.75. The van der Waals surface area contributed by atoms with Crippen molar-refractivity contribution in [3.05, 3.63) is 71.9 Å². The molecule has 0 radical (unpaired) electrons. The number of aliphatic hydroxyl groups excluding tert-OH is 1. The number of rotatable bonds is 6. The Morgan fingerprint density at radius 3 is 2.89 bits per heavy atom. The fourth-order valence-electron chi connectivity index (χ4n) is 5.43. The lowest BCUT2D eigenvalue weighted by atomic mass is 9.93. The number of nitrogens with zero attached hydrogens (tertiary/aromatic N) is 4. The zero-order valence-electron chi connectivity index (χ0n) is 20.1. The number of imidazole rings is 1. The lowest BCUT2D eigenvalue weighted by molar-refractivity contribution is 0.0951. The summed E-state index contributed by atoms with van der Waals surface area (Å²) in [5.74, 6) is 0.590. The third-order valence-corrected chi connectivity index (χ3v) is 7.13. The molecule has 1 saturated heterocycles. The number of aromatic nitrogens is 4. The Labute approximate surface area is 209 Å². The number of fused-ring (bicyclic) bond motifs is 2. The highest BCUT2D eigenvalue weighted by Crippen LogP contribution is 2.35. The first-order chi connectivity index (χ1) is 17.5. The fraction of sp³-hybridized carbons (Fsp3) is 0.333. The summed E-state index contributed by atoms with van der Waals surface area (Å²) in [7, 11) is 0. The van der Waals surface area contributed by atoms with Crippen molar-refractivity contribution in [2.75, 3.05) is 5.32 Å². The van der Waals surface area contributed by atoms with Crippen LogP contribution in [0.15, 0.2) is 55.2 Å². The Hall–Kier alpha value is -3.82. The number of pyridine rings is 1. The van der Waals surface area contributed by atoms with Gasteiger partial charge < -0.3 is 21.1 Å².